The Morgan fingerprint density at radius 2 is 1.85 bits per heavy atom. The van der Waals surface area contributed by atoms with Crippen LogP contribution in [0.1, 0.15) is 5.89 Å². The highest BCUT2D eigenvalue weighted by atomic mass is 16.5. The molecule has 2 heterocycles. The number of para-hydroxylation sites is 1. The lowest BCUT2D eigenvalue weighted by Gasteiger charge is -2.02. The topological polar surface area (TPSA) is 63.8 Å². The zero-order chi connectivity index (χ0) is 13.6. The number of rotatable bonds is 5. The van der Waals surface area contributed by atoms with Crippen LogP contribution in [0.5, 0.6) is 0 Å². The van der Waals surface area contributed by atoms with Crippen molar-refractivity contribution in [1.29, 1.82) is 0 Å². The van der Waals surface area contributed by atoms with Gasteiger partial charge in [0, 0.05) is 24.8 Å². The Morgan fingerprint density at radius 3 is 2.65 bits per heavy atom. The quantitative estimate of drug-likeness (QED) is 0.769. The lowest BCUT2D eigenvalue weighted by atomic mass is 10.3. The Morgan fingerprint density at radius 1 is 1.00 bits per heavy atom. The van der Waals surface area contributed by atoms with Crippen molar-refractivity contribution >= 4 is 5.69 Å². The summed E-state index contributed by atoms with van der Waals surface area (Å²) in [6.07, 6.45) is 2.39. The minimum absolute atomic E-state index is 0.528. The van der Waals surface area contributed by atoms with Crippen LogP contribution in [0, 0.1) is 0 Å². The molecule has 3 aromatic rings. The van der Waals surface area contributed by atoms with E-state index in [0.29, 0.717) is 18.1 Å². The van der Waals surface area contributed by atoms with Gasteiger partial charge in [-0.2, -0.15) is 4.98 Å². The Hall–Kier alpha value is -2.69. The molecule has 0 saturated heterocycles. The summed E-state index contributed by atoms with van der Waals surface area (Å²) in [5.74, 6) is 1.13. The summed E-state index contributed by atoms with van der Waals surface area (Å²) < 4.78 is 5.22. The summed E-state index contributed by atoms with van der Waals surface area (Å²) in [4.78, 5) is 8.52. The number of nitrogens with zero attached hydrogens (tertiary/aromatic N) is 3. The van der Waals surface area contributed by atoms with Gasteiger partial charge in [-0.15, -0.1) is 0 Å². The van der Waals surface area contributed by atoms with Gasteiger partial charge in [-0.25, -0.2) is 0 Å². The summed E-state index contributed by atoms with van der Waals surface area (Å²) in [5.41, 5.74) is 1.80. The summed E-state index contributed by atoms with van der Waals surface area (Å²) in [5, 5.41) is 7.23. The smallest absolute Gasteiger partial charge is 0.228 e. The van der Waals surface area contributed by atoms with Crippen molar-refractivity contribution in [1.82, 2.24) is 15.1 Å². The van der Waals surface area contributed by atoms with Crippen LogP contribution in [-0.4, -0.2) is 21.7 Å². The summed E-state index contributed by atoms with van der Waals surface area (Å²) in [6.45, 7) is 0.744. The fourth-order valence-electron chi connectivity index (χ4n) is 1.83. The SMILES string of the molecule is c1ccc(NCCc2nc(-c3ccccn3)no2)cc1. The Balaban J connectivity index is 1.58. The number of benzene rings is 1. The van der Waals surface area contributed by atoms with Crippen LogP contribution in [0.2, 0.25) is 0 Å². The molecule has 1 aromatic carbocycles. The van der Waals surface area contributed by atoms with Gasteiger partial charge in [-0.3, -0.25) is 4.98 Å². The van der Waals surface area contributed by atoms with Crippen molar-refractivity contribution in [3.63, 3.8) is 0 Å². The normalized spacial score (nSPS) is 10.4. The molecule has 2 aromatic heterocycles. The van der Waals surface area contributed by atoms with Crippen molar-refractivity contribution in [2.75, 3.05) is 11.9 Å². The average molecular weight is 266 g/mol. The molecule has 0 amide bonds. The molecule has 5 heteroatoms. The van der Waals surface area contributed by atoms with Gasteiger partial charge in [-0.1, -0.05) is 29.4 Å². The molecule has 0 bridgehead atoms. The number of pyridine rings is 1. The molecular formula is C15H14N4O. The largest absolute Gasteiger partial charge is 0.385 e. The van der Waals surface area contributed by atoms with Crippen LogP contribution in [-0.2, 0) is 6.42 Å². The van der Waals surface area contributed by atoms with E-state index in [1.54, 1.807) is 6.20 Å². The monoisotopic (exact) mass is 266 g/mol. The van der Waals surface area contributed by atoms with Crippen LogP contribution in [0.25, 0.3) is 11.5 Å². The van der Waals surface area contributed by atoms with Crippen molar-refractivity contribution in [3.8, 4) is 11.5 Å². The molecule has 0 fully saturated rings. The van der Waals surface area contributed by atoms with E-state index in [4.69, 9.17) is 4.52 Å². The maximum Gasteiger partial charge on any atom is 0.228 e. The Labute approximate surface area is 116 Å². The lowest BCUT2D eigenvalue weighted by molar-refractivity contribution is 0.381. The van der Waals surface area contributed by atoms with E-state index in [-0.39, 0.29) is 0 Å². The number of nitrogens with one attached hydrogen (secondary N) is 1. The molecule has 0 aliphatic heterocycles. The second-order valence-electron chi connectivity index (χ2n) is 4.27. The third-order valence-electron chi connectivity index (χ3n) is 2.80. The van der Waals surface area contributed by atoms with Gasteiger partial charge in [0.1, 0.15) is 5.69 Å². The zero-order valence-corrected chi connectivity index (χ0v) is 10.9. The highest BCUT2D eigenvalue weighted by molar-refractivity contribution is 5.47. The van der Waals surface area contributed by atoms with Crippen LogP contribution >= 0.6 is 0 Å². The fraction of sp³-hybridized carbons (Fsp3) is 0.133. The van der Waals surface area contributed by atoms with Gasteiger partial charge in [0.2, 0.25) is 11.7 Å². The molecule has 0 spiro atoms. The maximum atomic E-state index is 5.22. The van der Waals surface area contributed by atoms with Gasteiger partial charge < -0.3 is 9.84 Å². The lowest BCUT2D eigenvalue weighted by Crippen LogP contribution is -2.04. The number of aromatic nitrogens is 3. The molecule has 0 atom stereocenters. The molecule has 0 radical (unpaired) electrons. The van der Waals surface area contributed by atoms with Gasteiger partial charge in [0.05, 0.1) is 0 Å². The van der Waals surface area contributed by atoms with E-state index >= 15 is 0 Å². The molecule has 0 saturated carbocycles. The Bertz CT molecular complexity index is 652. The number of anilines is 1. The maximum absolute atomic E-state index is 5.22. The molecular weight excluding hydrogens is 252 g/mol. The van der Waals surface area contributed by atoms with Crippen LogP contribution in [0.4, 0.5) is 5.69 Å². The highest BCUT2D eigenvalue weighted by Gasteiger charge is 2.08. The molecule has 1 N–H and O–H groups in total. The molecule has 20 heavy (non-hydrogen) atoms. The fourth-order valence-corrected chi connectivity index (χ4v) is 1.83. The predicted octanol–water partition coefficient (Wildman–Crippen LogP) is 2.79. The van der Waals surface area contributed by atoms with Crippen molar-refractivity contribution in [2.24, 2.45) is 0 Å². The average Bonchev–Trinajstić information content (AvgIpc) is 2.98. The van der Waals surface area contributed by atoms with Crippen molar-refractivity contribution in [3.05, 3.63) is 60.6 Å². The minimum Gasteiger partial charge on any atom is -0.385 e. The van der Waals surface area contributed by atoms with E-state index in [1.165, 1.54) is 0 Å². The van der Waals surface area contributed by atoms with Gasteiger partial charge >= 0.3 is 0 Å². The second-order valence-corrected chi connectivity index (χ2v) is 4.27. The summed E-state index contributed by atoms with van der Waals surface area (Å²) in [6, 6.07) is 15.6. The van der Waals surface area contributed by atoms with Crippen molar-refractivity contribution in [2.45, 2.75) is 6.42 Å². The third-order valence-corrected chi connectivity index (χ3v) is 2.80. The minimum atomic E-state index is 0.528. The Kier molecular flexibility index (Phi) is 3.68. The third kappa shape index (κ3) is 3.00. The van der Waals surface area contributed by atoms with E-state index in [9.17, 15) is 0 Å². The first-order chi connectivity index (χ1) is 9.92. The number of hydrogen-bond donors (Lipinski definition) is 1. The zero-order valence-electron chi connectivity index (χ0n) is 10.9. The molecule has 0 unspecified atom stereocenters. The second kappa shape index (κ2) is 5.97. The summed E-state index contributed by atoms with van der Waals surface area (Å²) >= 11 is 0. The van der Waals surface area contributed by atoms with E-state index in [0.717, 1.165) is 17.9 Å². The molecule has 0 aliphatic rings. The molecule has 0 aliphatic carbocycles. The summed E-state index contributed by atoms with van der Waals surface area (Å²) in [7, 11) is 0. The first kappa shape index (κ1) is 12.3. The van der Waals surface area contributed by atoms with Crippen LogP contribution < -0.4 is 5.32 Å². The first-order valence-corrected chi connectivity index (χ1v) is 6.45. The van der Waals surface area contributed by atoms with E-state index in [1.807, 2.05) is 48.5 Å². The predicted molar refractivity (Wildman–Crippen MR) is 76.2 cm³/mol. The van der Waals surface area contributed by atoms with Crippen molar-refractivity contribution < 1.29 is 4.52 Å². The molecule has 100 valence electrons. The van der Waals surface area contributed by atoms with E-state index < -0.39 is 0 Å². The van der Waals surface area contributed by atoms with Crippen LogP contribution in [0.15, 0.2) is 59.3 Å². The first-order valence-electron chi connectivity index (χ1n) is 6.45. The van der Waals surface area contributed by atoms with Gasteiger partial charge in [0.25, 0.3) is 0 Å². The van der Waals surface area contributed by atoms with Crippen LogP contribution in [0.3, 0.4) is 0 Å². The molecule has 5 nitrogen and oxygen atoms in total. The highest BCUT2D eigenvalue weighted by Crippen LogP contribution is 2.12. The molecule has 3 rings (SSSR count). The van der Waals surface area contributed by atoms with Gasteiger partial charge in [-0.05, 0) is 24.3 Å². The standard InChI is InChI=1S/C15H14N4O/c1-2-6-12(7-3-1)16-11-9-14-18-15(19-20-14)13-8-4-5-10-17-13/h1-8,10,16H,9,11H2. The van der Waals surface area contributed by atoms with E-state index in [2.05, 4.69) is 20.4 Å². The van der Waals surface area contributed by atoms with Gasteiger partial charge in [0.15, 0.2) is 0 Å². The number of hydrogen-bond acceptors (Lipinski definition) is 5.